The number of carbonyl (C=O) groups excluding carboxylic acids is 1. The second-order valence-electron chi connectivity index (χ2n) is 6.10. The van der Waals surface area contributed by atoms with E-state index >= 15 is 0 Å². The second kappa shape index (κ2) is 6.15. The summed E-state index contributed by atoms with van der Waals surface area (Å²) in [5, 5.41) is 12.0. The molecule has 0 bridgehead atoms. The third kappa shape index (κ3) is 4.99. The van der Waals surface area contributed by atoms with Gasteiger partial charge in [-0.3, -0.25) is 4.79 Å². The molecule has 0 spiro atoms. The topological polar surface area (TPSA) is 49.3 Å². The molecule has 2 N–H and O–H groups in total. The molecule has 0 saturated heterocycles. The average Bonchev–Trinajstić information content (AvgIpc) is 2.25. The Kier molecular flexibility index (Phi) is 5.06. The summed E-state index contributed by atoms with van der Waals surface area (Å²) in [4.78, 5) is 12.0. The van der Waals surface area contributed by atoms with E-state index in [1.807, 2.05) is 20.8 Å². The largest absolute Gasteiger partial charge is 0.394 e. The van der Waals surface area contributed by atoms with Gasteiger partial charge < -0.3 is 10.4 Å². The van der Waals surface area contributed by atoms with Crippen molar-refractivity contribution in [3.63, 3.8) is 0 Å². The minimum Gasteiger partial charge on any atom is -0.394 e. The Hall–Kier alpha value is -1.42. The van der Waals surface area contributed by atoms with Crippen LogP contribution in [-0.2, 0) is 0 Å². The summed E-state index contributed by atoms with van der Waals surface area (Å²) in [6.07, 6.45) is 0.628. The van der Waals surface area contributed by atoms with Crippen molar-refractivity contribution in [3.8, 4) is 0 Å². The standard InChI is InChI=1S/C15H22FNO2/c1-10-5-6-12(13(16)7-10)14(19)17-11(9-18)8-15(2,3)4/h5-7,11,18H,8-9H2,1-4H3,(H,17,19). The smallest absolute Gasteiger partial charge is 0.254 e. The zero-order chi connectivity index (χ0) is 14.6. The van der Waals surface area contributed by atoms with Crippen LogP contribution >= 0.6 is 0 Å². The fourth-order valence-electron chi connectivity index (χ4n) is 1.97. The van der Waals surface area contributed by atoms with Crippen LogP contribution in [0.3, 0.4) is 0 Å². The Bertz CT molecular complexity index is 452. The summed E-state index contributed by atoms with van der Waals surface area (Å²) in [5.74, 6) is -1.02. The quantitative estimate of drug-likeness (QED) is 0.881. The first-order valence-electron chi connectivity index (χ1n) is 6.41. The maximum Gasteiger partial charge on any atom is 0.254 e. The van der Waals surface area contributed by atoms with E-state index in [4.69, 9.17) is 0 Å². The maximum absolute atomic E-state index is 13.7. The third-order valence-corrected chi connectivity index (χ3v) is 2.78. The number of rotatable bonds is 4. The molecule has 0 aromatic heterocycles. The summed E-state index contributed by atoms with van der Waals surface area (Å²) < 4.78 is 13.7. The first kappa shape index (κ1) is 15.6. The Balaban J connectivity index is 2.77. The van der Waals surface area contributed by atoms with Crippen LogP contribution in [0.25, 0.3) is 0 Å². The number of aliphatic hydroxyl groups is 1. The summed E-state index contributed by atoms with van der Waals surface area (Å²) in [6.45, 7) is 7.67. The molecule has 0 aliphatic carbocycles. The molecule has 1 rings (SSSR count). The molecule has 3 nitrogen and oxygen atoms in total. The number of hydrogen-bond donors (Lipinski definition) is 2. The van der Waals surface area contributed by atoms with Gasteiger partial charge in [0.2, 0.25) is 0 Å². The number of aryl methyl sites for hydroxylation is 1. The zero-order valence-electron chi connectivity index (χ0n) is 12.0. The van der Waals surface area contributed by atoms with Gasteiger partial charge in [-0.1, -0.05) is 26.8 Å². The van der Waals surface area contributed by atoms with Gasteiger partial charge in [0.1, 0.15) is 5.82 Å². The monoisotopic (exact) mass is 267 g/mol. The Labute approximate surface area is 113 Å². The molecule has 1 atom stereocenters. The minimum absolute atomic E-state index is 0.0120. The molecule has 0 aliphatic rings. The van der Waals surface area contributed by atoms with Crippen LogP contribution in [0, 0.1) is 18.2 Å². The van der Waals surface area contributed by atoms with Crippen molar-refractivity contribution in [3.05, 3.63) is 35.1 Å². The van der Waals surface area contributed by atoms with E-state index in [9.17, 15) is 14.3 Å². The van der Waals surface area contributed by atoms with Gasteiger partial charge in [0.25, 0.3) is 5.91 Å². The lowest BCUT2D eigenvalue weighted by Crippen LogP contribution is -2.40. The van der Waals surface area contributed by atoms with Crippen LogP contribution in [-0.4, -0.2) is 23.7 Å². The first-order valence-corrected chi connectivity index (χ1v) is 6.41. The predicted octanol–water partition coefficient (Wildman–Crippen LogP) is 2.66. The van der Waals surface area contributed by atoms with Crippen LogP contribution in [0.4, 0.5) is 4.39 Å². The van der Waals surface area contributed by atoms with Gasteiger partial charge in [0.05, 0.1) is 18.2 Å². The van der Waals surface area contributed by atoms with Gasteiger partial charge >= 0.3 is 0 Å². The number of nitrogens with one attached hydrogen (secondary N) is 1. The van der Waals surface area contributed by atoms with Gasteiger partial charge in [-0.05, 0) is 36.5 Å². The lowest BCUT2D eigenvalue weighted by molar-refractivity contribution is 0.0893. The highest BCUT2D eigenvalue weighted by molar-refractivity contribution is 5.94. The Morgan fingerprint density at radius 3 is 2.53 bits per heavy atom. The van der Waals surface area contributed by atoms with Crippen molar-refractivity contribution >= 4 is 5.91 Å². The fourth-order valence-corrected chi connectivity index (χ4v) is 1.97. The van der Waals surface area contributed by atoms with Crippen molar-refractivity contribution in [2.75, 3.05) is 6.61 Å². The SMILES string of the molecule is Cc1ccc(C(=O)NC(CO)CC(C)(C)C)c(F)c1. The van der Waals surface area contributed by atoms with E-state index in [1.54, 1.807) is 13.0 Å². The van der Waals surface area contributed by atoms with E-state index in [-0.39, 0.29) is 23.6 Å². The van der Waals surface area contributed by atoms with Crippen LogP contribution in [0.5, 0.6) is 0 Å². The fraction of sp³-hybridized carbons (Fsp3) is 0.533. The van der Waals surface area contributed by atoms with Crippen LogP contribution in [0.2, 0.25) is 0 Å². The molecular weight excluding hydrogens is 245 g/mol. The first-order chi connectivity index (χ1) is 8.73. The number of hydrogen-bond acceptors (Lipinski definition) is 2. The molecule has 0 fully saturated rings. The molecule has 1 aromatic rings. The number of halogens is 1. The van der Waals surface area contributed by atoms with Gasteiger partial charge in [-0.2, -0.15) is 0 Å². The highest BCUT2D eigenvalue weighted by atomic mass is 19.1. The molecule has 0 radical (unpaired) electrons. The number of benzene rings is 1. The van der Waals surface area contributed by atoms with Crippen LogP contribution in [0.15, 0.2) is 18.2 Å². The Morgan fingerprint density at radius 2 is 2.05 bits per heavy atom. The van der Waals surface area contributed by atoms with E-state index in [0.717, 1.165) is 5.56 Å². The predicted molar refractivity (Wildman–Crippen MR) is 73.5 cm³/mol. The van der Waals surface area contributed by atoms with Crippen molar-refractivity contribution in [2.24, 2.45) is 5.41 Å². The van der Waals surface area contributed by atoms with Crippen molar-refractivity contribution in [2.45, 2.75) is 40.2 Å². The van der Waals surface area contributed by atoms with Gasteiger partial charge in [0.15, 0.2) is 0 Å². The van der Waals surface area contributed by atoms with Crippen LogP contribution < -0.4 is 5.32 Å². The van der Waals surface area contributed by atoms with Gasteiger partial charge in [-0.25, -0.2) is 4.39 Å². The highest BCUT2D eigenvalue weighted by Gasteiger charge is 2.21. The summed E-state index contributed by atoms with van der Waals surface area (Å²) in [6, 6.07) is 4.11. The van der Waals surface area contributed by atoms with E-state index < -0.39 is 11.7 Å². The Morgan fingerprint density at radius 1 is 1.42 bits per heavy atom. The lowest BCUT2D eigenvalue weighted by Gasteiger charge is -2.25. The van der Waals surface area contributed by atoms with Gasteiger partial charge in [-0.15, -0.1) is 0 Å². The van der Waals surface area contributed by atoms with Crippen LogP contribution in [0.1, 0.15) is 43.1 Å². The van der Waals surface area contributed by atoms with Crippen molar-refractivity contribution in [1.82, 2.24) is 5.32 Å². The molecule has 0 aliphatic heterocycles. The molecule has 1 unspecified atom stereocenters. The number of aliphatic hydroxyl groups excluding tert-OH is 1. The normalized spacial score (nSPS) is 13.2. The number of amides is 1. The molecule has 106 valence electrons. The second-order valence-corrected chi connectivity index (χ2v) is 6.10. The molecule has 0 saturated carbocycles. The summed E-state index contributed by atoms with van der Waals surface area (Å²) in [7, 11) is 0. The molecular formula is C15H22FNO2. The van der Waals surface area contributed by atoms with E-state index in [0.29, 0.717) is 6.42 Å². The van der Waals surface area contributed by atoms with Crippen molar-refractivity contribution < 1.29 is 14.3 Å². The summed E-state index contributed by atoms with van der Waals surface area (Å²) >= 11 is 0. The molecule has 4 heteroatoms. The zero-order valence-corrected chi connectivity index (χ0v) is 12.0. The van der Waals surface area contributed by atoms with E-state index in [2.05, 4.69) is 5.32 Å². The lowest BCUT2D eigenvalue weighted by atomic mass is 9.88. The minimum atomic E-state index is -0.537. The maximum atomic E-state index is 13.7. The third-order valence-electron chi connectivity index (χ3n) is 2.78. The molecule has 1 aromatic carbocycles. The van der Waals surface area contributed by atoms with Crippen molar-refractivity contribution in [1.29, 1.82) is 0 Å². The number of carbonyl (C=O) groups is 1. The van der Waals surface area contributed by atoms with Gasteiger partial charge in [0, 0.05) is 0 Å². The van der Waals surface area contributed by atoms with E-state index in [1.165, 1.54) is 12.1 Å². The average molecular weight is 267 g/mol. The molecule has 0 heterocycles. The molecule has 19 heavy (non-hydrogen) atoms. The summed E-state index contributed by atoms with van der Waals surface area (Å²) in [5.41, 5.74) is 0.757. The molecule has 1 amide bonds. The highest BCUT2D eigenvalue weighted by Crippen LogP contribution is 2.21.